The van der Waals surface area contributed by atoms with Gasteiger partial charge in [-0.2, -0.15) is 0 Å². The molecule has 21 heavy (non-hydrogen) atoms. The van der Waals surface area contributed by atoms with Gasteiger partial charge < -0.3 is 5.32 Å². The zero-order valence-electron chi connectivity index (χ0n) is 13.8. The van der Waals surface area contributed by atoms with Crippen LogP contribution in [0.3, 0.4) is 0 Å². The first-order valence-electron chi connectivity index (χ1n) is 9.84. The van der Waals surface area contributed by atoms with Gasteiger partial charge in [0, 0.05) is 24.7 Å². The lowest BCUT2D eigenvalue weighted by molar-refractivity contribution is 0.0754. The standard InChI is InChI=1S/C19H34N2/c1-4-14-20-16(5-1)15-21(17-6-7-17)18-8-12-19(13-9-18)10-2-3-11-19/h16-18,20H,1-15H2. The maximum absolute atomic E-state index is 3.78. The zero-order valence-corrected chi connectivity index (χ0v) is 13.8. The van der Waals surface area contributed by atoms with Crippen molar-refractivity contribution in [3.63, 3.8) is 0 Å². The molecule has 1 unspecified atom stereocenters. The molecule has 3 saturated carbocycles. The van der Waals surface area contributed by atoms with Gasteiger partial charge in [0.2, 0.25) is 0 Å². The highest BCUT2D eigenvalue weighted by atomic mass is 15.2. The lowest BCUT2D eigenvalue weighted by Gasteiger charge is -2.43. The van der Waals surface area contributed by atoms with Gasteiger partial charge in [0.1, 0.15) is 0 Å². The molecule has 0 aromatic heterocycles. The van der Waals surface area contributed by atoms with Gasteiger partial charge in [-0.05, 0) is 76.2 Å². The maximum Gasteiger partial charge on any atom is 0.0195 e. The molecule has 1 aliphatic heterocycles. The maximum atomic E-state index is 3.78. The summed E-state index contributed by atoms with van der Waals surface area (Å²) < 4.78 is 0. The summed E-state index contributed by atoms with van der Waals surface area (Å²) >= 11 is 0. The van der Waals surface area contributed by atoms with Gasteiger partial charge in [0.05, 0.1) is 0 Å². The first-order chi connectivity index (χ1) is 10.3. The fourth-order valence-electron chi connectivity index (χ4n) is 5.51. The molecular formula is C19H34N2. The van der Waals surface area contributed by atoms with Crippen LogP contribution in [-0.2, 0) is 0 Å². The van der Waals surface area contributed by atoms with Crippen LogP contribution in [0.15, 0.2) is 0 Å². The second-order valence-corrected chi connectivity index (χ2v) is 8.51. The van der Waals surface area contributed by atoms with E-state index in [1.54, 1.807) is 25.7 Å². The van der Waals surface area contributed by atoms with Gasteiger partial charge in [-0.3, -0.25) is 4.90 Å². The molecule has 1 heterocycles. The molecule has 4 rings (SSSR count). The number of nitrogens with one attached hydrogen (secondary N) is 1. The highest BCUT2D eigenvalue weighted by Gasteiger charge is 2.42. The Morgan fingerprint density at radius 2 is 1.48 bits per heavy atom. The fraction of sp³-hybridized carbons (Fsp3) is 1.00. The minimum Gasteiger partial charge on any atom is -0.313 e. The molecule has 1 saturated heterocycles. The molecule has 3 aliphatic carbocycles. The van der Waals surface area contributed by atoms with Crippen molar-refractivity contribution in [2.75, 3.05) is 13.1 Å². The van der Waals surface area contributed by atoms with Gasteiger partial charge in [-0.15, -0.1) is 0 Å². The second kappa shape index (κ2) is 6.20. The lowest BCUT2D eigenvalue weighted by Crippen LogP contribution is -2.49. The van der Waals surface area contributed by atoms with Crippen molar-refractivity contribution in [1.29, 1.82) is 0 Å². The predicted molar refractivity (Wildman–Crippen MR) is 88.5 cm³/mol. The number of piperidine rings is 1. The van der Waals surface area contributed by atoms with Crippen molar-refractivity contribution >= 4 is 0 Å². The highest BCUT2D eigenvalue weighted by molar-refractivity contribution is 4.97. The number of rotatable bonds is 4. The Morgan fingerprint density at radius 3 is 2.10 bits per heavy atom. The van der Waals surface area contributed by atoms with Crippen LogP contribution in [0.2, 0.25) is 0 Å². The third kappa shape index (κ3) is 3.32. The Morgan fingerprint density at radius 1 is 0.762 bits per heavy atom. The first-order valence-corrected chi connectivity index (χ1v) is 9.84. The van der Waals surface area contributed by atoms with Crippen molar-refractivity contribution < 1.29 is 0 Å². The average Bonchev–Trinajstić information content (AvgIpc) is 3.28. The zero-order chi connectivity index (χ0) is 14.1. The van der Waals surface area contributed by atoms with Gasteiger partial charge in [0.25, 0.3) is 0 Å². The third-order valence-electron chi connectivity index (χ3n) is 7.01. The Kier molecular flexibility index (Phi) is 4.28. The van der Waals surface area contributed by atoms with Crippen LogP contribution in [-0.4, -0.2) is 36.1 Å². The minimum absolute atomic E-state index is 0.793. The molecule has 4 fully saturated rings. The average molecular weight is 290 g/mol. The topological polar surface area (TPSA) is 15.3 Å². The summed E-state index contributed by atoms with van der Waals surface area (Å²) in [6, 6.07) is 2.67. The molecule has 1 atom stereocenters. The first kappa shape index (κ1) is 14.5. The Labute approximate surface area is 131 Å². The molecule has 2 heteroatoms. The van der Waals surface area contributed by atoms with Crippen molar-refractivity contribution in [2.45, 2.75) is 102 Å². The van der Waals surface area contributed by atoms with E-state index in [9.17, 15) is 0 Å². The monoisotopic (exact) mass is 290 g/mol. The molecule has 0 bridgehead atoms. The SMILES string of the molecule is C1CCC(CN(C2CC2)C2CCC3(CCCC3)CC2)NC1. The van der Waals surface area contributed by atoms with Gasteiger partial charge in [-0.25, -0.2) is 0 Å². The van der Waals surface area contributed by atoms with E-state index in [0.29, 0.717) is 0 Å². The summed E-state index contributed by atoms with van der Waals surface area (Å²) in [5, 5.41) is 3.78. The normalized spacial score (nSPS) is 33.9. The van der Waals surface area contributed by atoms with Crippen LogP contribution < -0.4 is 5.32 Å². The van der Waals surface area contributed by atoms with Crippen LogP contribution in [0, 0.1) is 5.41 Å². The quantitative estimate of drug-likeness (QED) is 0.838. The van der Waals surface area contributed by atoms with E-state index in [1.165, 1.54) is 70.9 Å². The van der Waals surface area contributed by atoms with Gasteiger partial charge in [0.15, 0.2) is 0 Å². The largest absolute Gasteiger partial charge is 0.313 e. The van der Waals surface area contributed by atoms with Crippen molar-refractivity contribution in [1.82, 2.24) is 10.2 Å². The van der Waals surface area contributed by atoms with E-state index < -0.39 is 0 Å². The van der Waals surface area contributed by atoms with Gasteiger partial charge in [-0.1, -0.05) is 19.3 Å². The summed E-state index contributed by atoms with van der Waals surface area (Å²) in [4.78, 5) is 2.95. The molecule has 1 N–H and O–H groups in total. The fourth-order valence-corrected chi connectivity index (χ4v) is 5.51. The van der Waals surface area contributed by atoms with Crippen LogP contribution in [0.4, 0.5) is 0 Å². The van der Waals surface area contributed by atoms with Crippen molar-refractivity contribution in [3.05, 3.63) is 0 Å². The molecule has 2 nitrogen and oxygen atoms in total. The molecule has 0 radical (unpaired) electrons. The Hall–Kier alpha value is -0.0800. The van der Waals surface area contributed by atoms with Crippen molar-refractivity contribution in [3.8, 4) is 0 Å². The lowest BCUT2D eigenvalue weighted by atomic mass is 9.71. The second-order valence-electron chi connectivity index (χ2n) is 8.51. The van der Waals surface area contributed by atoms with E-state index in [4.69, 9.17) is 0 Å². The van der Waals surface area contributed by atoms with E-state index in [0.717, 1.165) is 23.5 Å². The van der Waals surface area contributed by atoms with Crippen LogP contribution in [0.25, 0.3) is 0 Å². The predicted octanol–water partition coefficient (Wildman–Crippen LogP) is 4.10. The number of nitrogens with zero attached hydrogens (tertiary/aromatic N) is 1. The number of hydrogen-bond acceptors (Lipinski definition) is 2. The minimum atomic E-state index is 0.793. The molecule has 4 aliphatic rings. The van der Waals surface area contributed by atoms with Crippen LogP contribution in [0.5, 0.6) is 0 Å². The van der Waals surface area contributed by atoms with Crippen LogP contribution in [0.1, 0.15) is 83.5 Å². The molecule has 120 valence electrons. The summed E-state index contributed by atoms with van der Waals surface area (Å²) in [7, 11) is 0. The van der Waals surface area contributed by atoms with Crippen molar-refractivity contribution in [2.24, 2.45) is 5.41 Å². The number of hydrogen-bond donors (Lipinski definition) is 1. The molecule has 0 aromatic carbocycles. The van der Waals surface area contributed by atoms with E-state index in [-0.39, 0.29) is 0 Å². The Bertz CT molecular complexity index is 327. The smallest absolute Gasteiger partial charge is 0.0195 e. The molecule has 1 spiro atoms. The Balaban J connectivity index is 1.34. The molecule has 0 amide bonds. The summed E-state index contributed by atoms with van der Waals surface area (Å²) in [6.45, 7) is 2.61. The summed E-state index contributed by atoms with van der Waals surface area (Å²) in [5.41, 5.74) is 0.800. The molecular weight excluding hydrogens is 256 g/mol. The van der Waals surface area contributed by atoms with Gasteiger partial charge >= 0.3 is 0 Å². The highest BCUT2D eigenvalue weighted by Crippen LogP contribution is 2.50. The third-order valence-corrected chi connectivity index (χ3v) is 7.01. The summed E-state index contributed by atoms with van der Waals surface area (Å²) in [6.07, 6.45) is 19.4. The van der Waals surface area contributed by atoms with E-state index in [2.05, 4.69) is 10.2 Å². The van der Waals surface area contributed by atoms with E-state index >= 15 is 0 Å². The van der Waals surface area contributed by atoms with Crippen LogP contribution >= 0.6 is 0 Å². The summed E-state index contributed by atoms with van der Waals surface area (Å²) in [5.74, 6) is 0. The van der Waals surface area contributed by atoms with E-state index in [1.807, 2.05) is 0 Å². The molecule has 0 aromatic rings.